The van der Waals surface area contributed by atoms with Crippen LogP contribution in [0.1, 0.15) is 27.2 Å². The average Bonchev–Trinajstić information content (AvgIpc) is 1.85. The molecule has 0 aromatic rings. The van der Waals surface area contributed by atoms with Gasteiger partial charge in [-0.1, -0.05) is 20.3 Å². The van der Waals surface area contributed by atoms with Gasteiger partial charge in [-0.3, -0.25) is 0 Å². The van der Waals surface area contributed by atoms with Crippen molar-refractivity contribution in [2.24, 2.45) is 5.92 Å². The van der Waals surface area contributed by atoms with E-state index in [1.54, 1.807) is 0 Å². The Morgan fingerprint density at radius 3 is 2.18 bits per heavy atom. The van der Waals surface area contributed by atoms with Crippen molar-refractivity contribution in [1.82, 2.24) is 4.90 Å². The molecule has 1 unspecified atom stereocenters. The lowest BCUT2D eigenvalue weighted by Crippen LogP contribution is -2.30. The largest absolute Gasteiger partial charge is 0.392 e. The molecule has 0 amide bonds. The van der Waals surface area contributed by atoms with Gasteiger partial charge in [0.25, 0.3) is 0 Å². The molecule has 2 nitrogen and oxygen atoms in total. The minimum atomic E-state index is -0.205. The number of likely N-dealkylation sites (N-methyl/N-ethyl adjacent to an activating group) is 1. The van der Waals surface area contributed by atoms with Crippen molar-refractivity contribution in [2.75, 3.05) is 20.1 Å². The molecule has 68 valence electrons. The van der Waals surface area contributed by atoms with Gasteiger partial charge in [0.05, 0.1) is 6.10 Å². The fraction of sp³-hybridized carbons (Fsp3) is 1.00. The minimum Gasteiger partial charge on any atom is -0.392 e. The van der Waals surface area contributed by atoms with Crippen LogP contribution in [0.15, 0.2) is 0 Å². The third-order valence-electron chi connectivity index (χ3n) is 1.90. The topological polar surface area (TPSA) is 23.5 Å². The first-order valence-corrected chi connectivity index (χ1v) is 4.42. The van der Waals surface area contributed by atoms with Gasteiger partial charge in [-0.25, -0.2) is 0 Å². The summed E-state index contributed by atoms with van der Waals surface area (Å²) < 4.78 is 0. The SMILES string of the molecule is CCC(C)CN(C)C[C@@H](C)O. The smallest absolute Gasteiger partial charge is 0.0638 e. The summed E-state index contributed by atoms with van der Waals surface area (Å²) in [6, 6.07) is 0. The first kappa shape index (κ1) is 10.9. The van der Waals surface area contributed by atoms with E-state index >= 15 is 0 Å². The summed E-state index contributed by atoms with van der Waals surface area (Å²) in [7, 11) is 2.05. The van der Waals surface area contributed by atoms with Crippen LogP contribution >= 0.6 is 0 Å². The number of hydrogen-bond donors (Lipinski definition) is 1. The highest BCUT2D eigenvalue weighted by molar-refractivity contribution is 4.59. The maximum Gasteiger partial charge on any atom is 0.0638 e. The third-order valence-corrected chi connectivity index (χ3v) is 1.90. The van der Waals surface area contributed by atoms with E-state index in [0.717, 1.165) is 19.0 Å². The van der Waals surface area contributed by atoms with E-state index in [1.165, 1.54) is 6.42 Å². The van der Waals surface area contributed by atoms with Gasteiger partial charge in [0.1, 0.15) is 0 Å². The van der Waals surface area contributed by atoms with Gasteiger partial charge in [-0.05, 0) is 19.9 Å². The summed E-state index contributed by atoms with van der Waals surface area (Å²) in [4.78, 5) is 2.18. The second-order valence-corrected chi connectivity index (χ2v) is 3.58. The fourth-order valence-electron chi connectivity index (χ4n) is 1.19. The maximum atomic E-state index is 9.07. The molecule has 0 fully saturated rings. The number of nitrogens with zero attached hydrogens (tertiary/aromatic N) is 1. The molecular formula is C9H21NO. The zero-order chi connectivity index (χ0) is 8.85. The standard InChI is InChI=1S/C9H21NO/c1-5-8(2)6-10(4)7-9(3)11/h8-9,11H,5-7H2,1-4H3/t8?,9-/m1/s1. The summed E-state index contributed by atoms with van der Waals surface area (Å²) in [5, 5.41) is 9.07. The first-order valence-electron chi connectivity index (χ1n) is 4.42. The highest BCUT2D eigenvalue weighted by Gasteiger charge is 2.05. The number of aliphatic hydroxyl groups excluding tert-OH is 1. The predicted octanol–water partition coefficient (Wildman–Crippen LogP) is 1.35. The van der Waals surface area contributed by atoms with Gasteiger partial charge in [-0.2, -0.15) is 0 Å². The van der Waals surface area contributed by atoms with Crippen LogP contribution < -0.4 is 0 Å². The highest BCUT2D eigenvalue weighted by Crippen LogP contribution is 2.02. The van der Waals surface area contributed by atoms with Crippen molar-refractivity contribution in [3.8, 4) is 0 Å². The van der Waals surface area contributed by atoms with Crippen LogP contribution in [0.2, 0.25) is 0 Å². The van der Waals surface area contributed by atoms with Crippen LogP contribution in [0.3, 0.4) is 0 Å². The van der Waals surface area contributed by atoms with Crippen molar-refractivity contribution >= 4 is 0 Å². The van der Waals surface area contributed by atoms with Gasteiger partial charge in [0.15, 0.2) is 0 Å². The van der Waals surface area contributed by atoms with E-state index in [4.69, 9.17) is 5.11 Å². The molecule has 0 aromatic heterocycles. The molecule has 2 atom stereocenters. The second-order valence-electron chi connectivity index (χ2n) is 3.58. The fourth-order valence-corrected chi connectivity index (χ4v) is 1.19. The van der Waals surface area contributed by atoms with Crippen LogP contribution in [0.4, 0.5) is 0 Å². The molecule has 2 heteroatoms. The Morgan fingerprint density at radius 2 is 1.82 bits per heavy atom. The molecule has 0 spiro atoms. The van der Waals surface area contributed by atoms with Crippen LogP contribution in [0, 0.1) is 5.92 Å². The average molecular weight is 159 g/mol. The van der Waals surface area contributed by atoms with Crippen LogP contribution in [-0.4, -0.2) is 36.2 Å². The summed E-state index contributed by atoms with van der Waals surface area (Å²) >= 11 is 0. The van der Waals surface area contributed by atoms with E-state index < -0.39 is 0 Å². The first-order chi connectivity index (χ1) is 5.06. The van der Waals surface area contributed by atoms with E-state index in [-0.39, 0.29) is 6.10 Å². The Morgan fingerprint density at radius 1 is 1.27 bits per heavy atom. The molecule has 0 saturated carbocycles. The van der Waals surface area contributed by atoms with Gasteiger partial charge < -0.3 is 10.0 Å². The Labute approximate surface area is 70.2 Å². The number of hydrogen-bond acceptors (Lipinski definition) is 2. The molecule has 0 aromatic carbocycles. The van der Waals surface area contributed by atoms with E-state index in [9.17, 15) is 0 Å². The van der Waals surface area contributed by atoms with Crippen molar-refractivity contribution in [1.29, 1.82) is 0 Å². The van der Waals surface area contributed by atoms with Gasteiger partial charge in [-0.15, -0.1) is 0 Å². The lowest BCUT2D eigenvalue weighted by Gasteiger charge is -2.21. The third kappa shape index (κ3) is 6.32. The highest BCUT2D eigenvalue weighted by atomic mass is 16.3. The summed E-state index contributed by atoms with van der Waals surface area (Å²) in [6.45, 7) is 8.12. The van der Waals surface area contributed by atoms with Crippen LogP contribution in [-0.2, 0) is 0 Å². The molecule has 11 heavy (non-hydrogen) atoms. The van der Waals surface area contributed by atoms with Crippen molar-refractivity contribution in [2.45, 2.75) is 33.3 Å². The summed E-state index contributed by atoms with van der Waals surface area (Å²) in [5.74, 6) is 0.735. The molecule has 0 aliphatic carbocycles. The monoisotopic (exact) mass is 159 g/mol. The number of aliphatic hydroxyl groups is 1. The lowest BCUT2D eigenvalue weighted by molar-refractivity contribution is 0.133. The molecule has 1 N–H and O–H groups in total. The predicted molar refractivity (Wildman–Crippen MR) is 48.6 cm³/mol. The molecule has 0 saturated heterocycles. The lowest BCUT2D eigenvalue weighted by atomic mass is 10.1. The molecule has 0 aliphatic heterocycles. The van der Waals surface area contributed by atoms with Crippen molar-refractivity contribution in [3.63, 3.8) is 0 Å². The Hall–Kier alpha value is -0.0800. The molecule has 0 rings (SSSR count). The van der Waals surface area contributed by atoms with Crippen LogP contribution in [0.25, 0.3) is 0 Å². The summed E-state index contributed by atoms with van der Waals surface area (Å²) in [5.41, 5.74) is 0. The zero-order valence-corrected chi connectivity index (χ0v) is 8.17. The zero-order valence-electron chi connectivity index (χ0n) is 8.17. The van der Waals surface area contributed by atoms with Crippen molar-refractivity contribution in [3.05, 3.63) is 0 Å². The number of rotatable bonds is 5. The van der Waals surface area contributed by atoms with E-state index in [2.05, 4.69) is 25.8 Å². The molecule has 0 radical (unpaired) electrons. The maximum absolute atomic E-state index is 9.07. The Kier molecular flexibility index (Phi) is 5.51. The van der Waals surface area contributed by atoms with Gasteiger partial charge in [0.2, 0.25) is 0 Å². The minimum absolute atomic E-state index is 0.205. The molecule has 0 heterocycles. The second kappa shape index (κ2) is 5.56. The molecular weight excluding hydrogens is 138 g/mol. The Bertz CT molecular complexity index is 93.6. The van der Waals surface area contributed by atoms with Crippen LogP contribution in [0.5, 0.6) is 0 Å². The molecule has 0 aliphatic rings. The van der Waals surface area contributed by atoms with Crippen molar-refractivity contribution < 1.29 is 5.11 Å². The quantitative estimate of drug-likeness (QED) is 0.654. The van der Waals surface area contributed by atoms with Gasteiger partial charge >= 0.3 is 0 Å². The Balaban J connectivity index is 3.43. The van der Waals surface area contributed by atoms with Gasteiger partial charge in [0, 0.05) is 13.1 Å². The molecule has 0 bridgehead atoms. The van der Waals surface area contributed by atoms with E-state index in [0.29, 0.717) is 0 Å². The van der Waals surface area contributed by atoms with E-state index in [1.807, 2.05) is 6.92 Å². The summed E-state index contributed by atoms with van der Waals surface area (Å²) in [6.07, 6.45) is 1.01. The normalized spacial score (nSPS) is 16.9.